The molecule has 0 fully saturated rings. The third kappa shape index (κ3) is 0.479. The highest BCUT2D eigenvalue weighted by Crippen LogP contribution is 2.55. The van der Waals surface area contributed by atoms with Gasteiger partial charge in [0.05, 0.1) is 0 Å². The minimum atomic E-state index is -0.795. The third-order valence-corrected chi connectivity index (χ3v) is 1.81. The van der Waals surface area contributed by atoms with Gasteiger partial charge in [-0.05, 0) is 0 Å². The summed E-state index contributed by atoms with van der Waals surface area (Å²) in [6, 6.07) is 1.29. The Kier molecular flexibility index (Phi) is 0.758. The molecule has 2 aliphatic heterocycles. The van der Waals surface area contributed by atoms with Gasteiger partial charge in [0.2, 0.25) is 5.75 Å². The quantitative estimate of drug-likeness (QED) is 0.426. The van der Waals surface area contributed by atoms with Crippen molar-refractivity contribution in [1.29, 1.82) is 0 Å². The molecule has 6 heteroatoms. The second-order valence-corrected chi connectivity index (χ2v) is 2.54. The van der Waals surface area contributed by atoms with Crippen LogP contribution in [0.1, 0.15) is 0 Å². The maximum absolute atomic E-state index is 9.25. The van der Waals surface area contributed by atoms with E-state index in [1.807, 2.05) is 0 Å². The molecule has 0 saturated carbocycles. The van der Waals surface area contributed by atoms with E-state index in [1.165, 1.54) is 6.07 Å². The first kappa shape index (κ1) is 5.88. The lowest BCUT2D eigenvalue weighted by Gasteiger charge is -2.10. The zero-order valence-electron chi connectivity index (χ0n) is 5.77. The average Bonchev–Trinajstić information content (AvgIpc) is 2.58. The van der Waals surface area contributed by atoms with Gasteiger partial charge in [0.15, 0.2) is 23.0 Å². The monoisotopic (exact) mass is 166 g/mol. The maximum Gasteiger partial charge on any atom is 0.864 e. The van der Waals surface area contributed by atoms with E-state index < -0.39 is 7.32 Å². The van der Waals surface area contributed by atoms with E-state index in [4.69, 9.17) is 19.1 Å². The number of phenolic OH excluding ortho intramolecular Hbond substituents is 2. The lowest BCUT2D eigenvalue weighted by molar-refractivity contribution is 0.348. The van der Waals surface area contributed by atoms with Gasteiger partial charge in [-0.2, -0.15) is 0 Å². The second-order valence-electron chi connectivity index (χ2n) is 2.54. The molecular formula is C6H3BO5. The number of phenols is 2. The predicted molar refractivity (Wildman–Crippen MR) is 37.4 cm³/mol. The fourth-order valence-electron chi connectivity index (χ4n) is 1.27. The number of hydrogen-bond acceptors (Lipinski definition) is 5. The normalized spacial score (nSPS) is 15.5. The second kappa shape index (κ2) is 1.55. The van der Waals surface area contributed by atoms with Crippen LogP contribution in [-0.2, 0) is 0 Å². The van der Waals surface area contributed by atoms with E-state index in [-0.39, 0.29) is 17.2 Å². The smallest absolute Gasteiger partial charge is 0.504 e. The van der Waals surface area contributed by atoms with Crippen molar-refractivity contribution >= 4 is 7.32 Å². The molecule has 2 N–H and O–H groups in total. The molecule has 0 spiro atoms. The van der Waals surface area contributed by atoms with Gasteiger partial charge in [0.25, 0.3) is 0 Å². The summed E-state index contributed by atoms with van der Waals surface area (Å²) in [7, 11) is -0.795. The van der Waals surface area contributed by atoms with Crippen LogP contribution in [0.2, 0.25) is 0 Å². The van der Waals surface area contributed by atoms with Gasteiger partial charge >= 0.3 is 7.32 Å². The topological polar surface area (TPSA) is 68.2 Å². The van der Waals surface area contributed by atoms with Crippen LogP contribution in [0.15, 0.2) is 6.07 Å². The molecule has 0 unspecified atom stereocenters. The molecule has 0 atom stereocenters. The minimum Gasteiger partial charge on any atom is -0.504 e. The minimum absolute atomic E-state index is 0.154. The maximum atomic E-state index is 9.25. The van der Waals surface area contributed by atoms with Crippen LogP contribution in [-0.4, -0.2) is 17.5 Å². The lowest BCUT2D eigenvalue weighted by Crippen LogP contribution is -2.29. The summed E-state index contributed by atoms with van der Waals surface area (Å²) in [5, 5.41) is 18.4. The highest BCUT2D eigenvalue weighted by atomic mass is 16.8. The number of rotatable bonds is 0. The molecule has 1 aromatic rings. The van der Waals surface area contributed by atoms with Crippen molar-refractivity contribution in [1.82, 2.24) is 0 Å². The third-order valence-electron chi connectivity index (χ3n) is 1.81. The van der Waals surface area contributed by atoms with Crippen LogP contribution in [0, 0.1) is 0 Å². The highest BCUT2D eigenvalue weighted by molar-refractivity contribution is 6.43. The van der Waals surface area contributed by atoms with Crippen LogP contribution in [0.25, 0.3) is 0 Å². The standard InChI is InChI=1S/C6H3BO5/c8-2-1-3-5-6(4(2)9)12-7(10-3)11-5/h1,8-9H. The summed E-state index contributed by atoms with van der Waals surface area (Å²) < 4.78 is 15.0. The Bertz CT molecular complexity index is 375. The molecule has 1 aromatic carbocycles. The molecule has 3 rings (SSSR count). The van der Waals surface area contributed by atoms with E-state index in [0.717, 1.165) is 0 Å². The van der Waals surface area contributed by atoms with Gasteiger partial charge in [-0.15, -0.1) is 0 Å². The summed E-state index contributed by atoms with van der Waals surface area (Å²) in [6.45, 7) is 0. The zero-order valence-corrected chi connectivity index (χ0v) is 5.77. The van der Waals surface area contributed by atoms with Crippen molar-refractivity contribution in [3.63, 3.8) is 0 Å². The number of hydrogen-bond donors (Lipinski definition) is 2. The summed E-state index contributed by atoms with van der Waals surface area (Å²) >= 11 is 0. The van der Waals surface area contributed by atoms with Crippen molar-refractivity contribution in [3.05, 3.63) is 6.07 Å². The Morgan fingerprint density at radius 1 is 1.08 bits per heavy atom. The van der Waals surface area contributed by atoms with Gasteiger partial charge in [0, 0.05) is 6.07 Å². The number of aromatic hydroxyl groups is 2. The van der Waals surface area contributed by atoms with E-state index in [1.54, 1.807) is 0 Å². The molecule has 0 aliphatic carbocycles. The fourth-order valence-corrected chi connectivity index (χ4v) is 1.27. The van der Waals surface area contributed by atoms with Gasteiger partial charge in [-0.25, -0.2) is 0 Å². The molecular weight excluding hydrogens is 163 g/mol. The first-order chi connectivity index (χ1) is 5.75. The van der Waals surface area contributed by atoms with Gasteiger partial charge < -0.3 is 24.2 Å². The Morgan fingerprint density at radius 2 is 1.83 bits per heavy atom. The van der Waals surface area contributed by atoms with Crippen molar-refractivity contribution in [2.45, 2.75) is 0 Å². The van der Waals surface area contributed by atoms with Crippen LogP contribution < -0.4 is 14.0 Å². The molecule has 0 amide bonds. The molecule has 0 aromatic heterocycles. The van der Waals surface area contributed by atoms with E-state index in [2.05, 4.69) is 0 Å². The summed E-state index contributed by atoms with van der Waals surface area (Å²) in [5.41, 5.74) is 0. The van der Waals surface area contributed by atoms with E-state index >= 15 is 0 Å². The summed E-state index contributed by atoms with van der Waals surface area (Å²) in [4.78, 5) is 0. The Morgan fingerprint density at radius 3 is 2.58 bits per heavy atom. The van der Waals surface area contributed by atoms with Crippen molar-refractivity contribution in [3.8, 4) is 28.7 Å². The van der Waals surface area contributed by atoms with Crippen molar-refractivity contribution < 1.29 is 24.2 Å². The largest absolute Gasteiger partial charge is 0.864 e. The van der Waals surface area contributed by atoms with Crippen LogP contribution in [0.3, 0.4) is 0 Å². The summed E-state index contributed by atoms with van der Waals surface area (Å²) in [6.07, 6.45) is 0. The molecule has 2 heterocycles. The molecule has 5 nitrogen and oxygen atoms in total. The molecule has 60 valence electrons. The van der Waals surface area contributed by atoms with Crippen LogP contribution in [0.5, 0.6) is 28.7 Å². The van der Waals surface area contributed by atoms with E-state index in [0.29, 0.717) is 11.5 Å². The number of fused-ring (bicyclic) bond motifs is 1. The average molecular weight is 166 g/mol. The molecule has 2 bridgehead atoms. The SMILES string of the molecule is Oc1cc2c3c(c1O)OB(O2)O3. The lowest BCUT2D eigenvalue weighted by atomic mass is 10.2. The summed E-state index contributed by atoms with van der Waals surface area (Å²) in [5.74, 6) is 0.334. The van der Waals surface area contributed by atoms with Crippen LogP contribution in [0.4, 0.5) is 0 Å². The molecule has 0 saturated heterocycles. The predicted octanol–water partition coefficient (Wildman–Crippen LogP) is 0.246. The zero-order chi connectivity index (χ0) is 8.29. The fraction of sp³-hybridized carbons (Fsp3) is 0. The molecule has 12 heavy (non-hydrogen) atoms. The molecule has 0 radical (unpaired) electrons. The van der Waals surface area contributed by atoms with Crippen LogP contribution >= 0.6 is 0 Å². The van der Waals surface area contributed by atoms with Crippen molar-refractivity contribution in [2.75, 3.05) is 0 Å². The Labute approximate surface area is 67.3 Å². The van der Waals surface area contributed by atoms with Crippen molar-refractivity contribution in [2.24, 2.45) is 0 Å². The van der Waals surface area contributed by atoms with E-state index in [9.17, 15) is 5.11 Å². The molecule has 2 aliphatic rings. The first-order valence-electron chi connectivity index (χ1n) is 3.34. The van der Waals surface area contributed by atoms with Gasteiger partial charge in [-0.1, -0.05) is 0 Å². The van der Waals surface area contributed by atoms with Gasteiger partial charge in [0.1, 0.15) is 0 Å². The highest BCUT2D eigenvalue weighted by Gasteiger charge is 2.49. The number of benzene rings is 1. The van der Waals surface area contributed by atoms with Gasteiger partial charge in [-0.3, -0.25) is 0 Å². The first-order valence-corrected chi connectivity index (χ1v) is 3.34. The Hall–Kier alpha value is -1.72. The Balaban J connectivity index is 2.38.